The number of carbonyl (C=O) groups is 4. The Balaban J connectivity index is 2.09. The Kier molecular flexibility index (Phi) is 10.2. The second-order valence-electron chi connectivity index (χ2n) is 13.3. The molecule has 1 heterocycles. The van der Waals surface area contributed by atoms with Gasteiger partial charge >= 0.3 is 12.1 Å². The van der Waals surface area contributed by atoms with E-state index in [4.69, 9.17) is 0 Å². The third-order valence-electron chi connectivity index (χ3n) is 7.31. The third kappa shape index (κ3) is 10.4. The molecule has 0 radical (unpaired) electrons. The van der Waals surface area contributed by atoms with Crippen LogP contribution in [0.3, 0.4) is 0 Å². The van der Waals surface area contributed by atoms with Gasteiger partial charge in [-0.25, -0.2) is 0 Å². The van der Waals surface area contributed by atoms with E-state index in [1.54, 1.807) is 20.8 Å². The molecule has 0 unspecified atom stereocenters. The van der Waals surface area contributed by atoms with E-state index in [0.29, 0.717) is 6.42 Å². The van der Waals surface area contributed by atoms with Crippen LogP contribution in [0.25, 0.3) is 0 Å². The van der Waals surface area contributed by atoms with E-state index in [2.05, 4.69) is 27.7 Å². The topological polar surface area (TPSA) is 129 Å². The summed E-state index contributed by atoms with van der Waals surface area (Å²) >= 11 is 0. The van der Waals surface area contributed by atoms with Gasteiger partial charge in [0.25, 0.3) is 0 Å². The van der Waals surface area contributed by atoms with Crippen molar-refractivity contribution >= 4 is 30.3 Å². The van der Waals surface area contributed by atoms with Crippen LogP contribution >= 0.6 is 0 Å². The molecule has 2 fully saturated rings. The van der Waals surface area contributed by atoms with Gasteiger partial charge in [-0.2, -0.15) is 13.2 Å². The lowest BCUT2D eigenvalue weighted by molar-refractivity contribution is -0.175. The first-order valence-electron chi connectivity index (χ1n) is 13.5. The third-order valence-corrected chi connectivity index (χ3v) is 7.31. The minimum absolute atomic E-state index is 0.0317. The van der Waals surface area contributed by atoms with Gasteiger partial charge in [0.05, 0.1) is 6.54 Å². The average Bonchev–Trinajstić information content (AvgIpc) is 3.51. The van der Waals surface area contributed by atoms with Gasteiger partial charge in [-0.15, -0.1) is 0 Å². The summed E-state index contributed by atoms with van der Waals surface area (Å²) in [5.41, 5.74) is -1.28. The van der Waals surface area contributed by atoms with Crippen molar-refractivity contribution in [1.82, 2.24) is 21.3 Å². The minimum atomic E-state index is -5.09. The smallest absolute Gasteiger partial charge is 0.350 e. The van der Waals surface area contributed by atoms with Crippen LogP contribution in [0, 0.1) is 16.7 Å². The van der Waals surface area contributed by atoms with Crippen LogP contribution in [0.1, 0.15) is 86.5 Å². The molecule has 1 saturated heterocycles. The SMILES string of the molecule is C=NC[C@H](C[C@@H]1CCC2(CC2)NC1=O)NC(=O)[C@H](CC(C)(C)C)NC(=O)C[C@@H](NC(=O)C(F)(F)F)C(C)(C)C. The largest absolute Gasteiger partial charge is 0.471 e. The van der Waals surface area contributed by atoms with Gasteiger partial charge in [0.1, 0.15) is 6.04 Å². The molecule has 2 rings (SSSR count). The van der Waals surface area contributed by atoms with Crippen molar-refractivity contribution in [3.05, 3.63) is 0 Å². The van der Waals surface area contributed by atoms with Crippen LogP contribution in [0.4, 0.5) is 13.2 Å². The average molecular weight is 560 g/mol. The predicted octanol–water partition coefficient (Wildman–Crippen LogP) is 3.03. The van der Waals surface area contributed by atoms with Crippen molar-refractivity contribution in [2.24, 2.45) is 21.7 Å². The molecule has 0 bridgehead atoms. The highest BCUT2D eigenvalue weighted by Gasteiger charge is 2.48. The zero-order valence-corrected chi connectivity index (χ0v) is 23.9. The van der Waals surface area contributed by atoms with Gasteiger partial charge in [-0.1, -0.05) is 41.5 Å². The number of nitrogens with one attached hydrogen (secondary N) is 4. The lowest BCUT2D eigenvalue weighted by atomic mass is 9.84. The van der Waals surface area contributed by atoms with Crippen LogP contribution in [0.5, 0.6) is 0 Å². The zero-order valence-electron chi connectivity index (χ0n) is 23.9. The normalized spacial score (nSPS) is 21.3. The second kappa shape index (κ2) is 12.2. The highest BCUT2D eigenvalue weighted by atomic mass is 19.4. The molecule has 222 valence electrons. The first-order chi connectivity index (χ1) is 17.7. The fraction of sp³-hybridized carbons (Fsp3) is 0.815. The first kappa shape index (κ1) is 32.6. The number of alkyl halides is 3. The van der Waals surface area contributed by atoms with Crippen molar-refractivity contribution in [1.29, 1.82) is 0 Å². The van der Waals surface area contributed by atoms with Gasteiger partial charge in [-0.3, -0.25) is 24.2 Å². The van der Waals surface area contributed by atoms with Crippen LogP contribution in [0.2, 0.25) is 0 Å². The van der Waals surface area contributed by atoms with Crippen molar-refractivity contribution in [3.63, 3.8) is 0 Å². The summed E-state index contributed by atoms with van der Waals surface area (Å²) in [6, 6.07) is -2.59. The minimum Gasteiger partial charge on any atom is -0.350 e. The maximum atomic E-state index is 13.4. The molecular weight excluding hydrogens is 515 g/mol. The predicted molar refractivity (Wildman–Crippen MR) is 142 cm³/mol. The summed E-state index contributed by atoms with van der Waals surface area (Å²) in [6.45, 7) is 14.2. The molecule has 2 aliphatic rings. The van der Waals surface area contributed by atoms with Crippen molar-refractivity contribution in [2.45, 2.75) is 116 Å². The first-order valence-corrected chi connectivity index (χ1v) is 13.5. The summed E-state index contributed by atoms with van der Waals surface area (Å²) in [7, 11) is 0. The Morgan fingerprint density at radius 1 is 1.05 bits per heavy atom. The van der Waals surface area contributed by atoms with Crippen LogP contribution in [-0.4, -0.2) is 66.7 Å². The standard InChI is InChI=1S/C27H44F3N5O4/c1-24(2,3)14-18(33-20(36)13-19(25(4,5)6)34-23(39)27(28,29)30)22(38)32-17(15-31-7)12-16-8-9-26(10-11-26)35-21(16)37/h16-19H,7-15H2,1-6H3,(H,32,38)(H,33,36)(H,34,39)(H,35,37)/t16-,17-,18-,19+/m0/s1. The molecule has 0 aromatic rings. The molecule has 1 saturated carbocycles. The maximum Gasteiger partial charge on any atom is 0.471 e. The summed E-state index contributed by atoms with van der Waals surface area (Å²) in [5, 5.41) is 10.6. The number of amides is 4. The molecule has 9 nitrogen and oxygen atoms in total. The monoisotopic (exact) mass is 559 g/mol. The van der Waals surface area contributed by atoms with Crippen molar-refractivity contribution in [3.8, 4) is 0 Å². The van der Waals surface area contributed by atoms with E-state index < -0.39 is 53.9 Å². The number of piperidine rings is 1. The van der Waals surface area contributed by atoms with Crippen LogP contribution in [-0.2, 0) is 19.2 Å². The highest BCUT2D eigenvalue weighted by Crippen LogP contribution is 2.44. The lowest BCUT2D eigenvalue weighted by Gasteiger charge is -2.33. The zero-order chi connectivity index (χ0) is 29.8. The van der Waals surface area contributed by atoms with E-state index in [1.807, 2.05) is 26.1 Å². The molecule has 0 aromatic carbocycles. The Labute approximate surface area is 228 Å². The summed E-state index contributed by atoms with van der Waals surface area (Å²) in [4.78, 5) is 54.4. The van der Waals surface area contributed by atoms with Crippen LogP contribution < -0.4 is 21.3 Å². The molecule has 4 amide bonds. The van der Waals surface area contributed by atoms with Gasteiger partial charge < -0.3 is 21.3 Å². The maximum absolute atomic E-state index is 13.4. The molecule has 4 atom stereocenters. The lowest BCUT2D eigenvalue weighted by Crippen LogP contribution is -2.55. The second-order valence-corrected chi connectivity index (χ2v) is 13.3. The quantitative estimate of drug-likeness (QED) is 0.290. The molecule has 1 aliphatic carbocycles. The Hall–Kier alpha value is -2.66. The molecule has 4 N–H and O–H groups in total. The molecule has 1 aliphatic heterocycles. The summed E-state index contributed by atoms with van der Waals surface area (Å²) in [6.07, 6.45) is -1.31. The summed E-state index contributed by atoms with van der Waals surface area (Å²) < 4.78 is 38.6. The van der Waals surface area contributed by atoms with E-state index in [0.717, 1.165) is 25.7 Å². The molecule has 0 aromatic heterocycles. The Bertz CT molecular complexity index is 935. The van der Waals surface area contributed by atoms with E-state index in [-0.39, 0.29) is 35.7 Å². The number of hydrogen-bond donors (Lipinski definition) is 4. The van der Waals surface area contributed by atoms with Crippen LogP contribution in [0.15, 0.2) is 4.99 Å². The number of hydrogen-bond acceptors (Lipinski definition) is 5. The number of rotatable bonds is 11. The summed E-state index contributed by atoms with van der Waals surface area (Å²) in [5.74, 6) is -3.58. The van der Waals surface area contributed by atoms with E-state index in [9.17, 15) is 32.3 Å². The molecule has 12 heteroatoms. The van der Waals surface area contributed by atoms with Gasteiger partial charge in [0, 0.05) is 30.0 Å². The number of nitrogens with zero attached hydrogens (tertiary/aromatic N) is 1. The van der Waals surface area contributed by atoms with Gasteiger partial charge in [-0.05, 0) is 56.1 Å². The molecular formula is C27H44F3N5O4. The number of halogens is 3. The fourth-order valence-corrected chi connectivity index (χ4v) is 4.81. The number of carbonyl (C=O) groups excluding carboxylic acids is 4. The Morgan fingerprint density at radius 3 is 2.13 bits per heavy atom. The van der Waals surface area contributed by atoms with Gasteiger partial charge in [0.15, 0.2) is 0 Å². The van der Waals surface area contributed by atoms with E-state index in [1.165, 1.54) is 0 Å². The fourth-order valence-electron chi connectivity index (χ4n) is 4.81. The molecule has 1 spiro atoms. The van der Waals surface area contributed by atoms with Gasteiger partial charge in [0.2, 0.25) is 17.7 Å². The highest BCUT2D eigenvalue weighted by molar-refractivity contribution is 5.89. The Morgan fingerprint density at radius 2 is 1.67 bits per heavy atom. The van der Waals surface area contributed by atoms with E-state index >= 15 is 0 Å². The number of aliphatic imine (C=N–C) groups is 1. The van der Waals surface area contributed by atoms with Crippen molar-refractivity contribution < 1.29 is 32.3 Å². The van der Waals surface area contributed by atoms with Crippen molar-refractivity contribution in [2.75, 3.05) is 6.54 Å². The molecule has 39 heavy (non-hydrogen) atoms.